The molecule has 0 saturated carbocycles. The molecule has 2 amide bonds. The maximum atomic E-state index is 12.9. The Morgan fingerprint density at radius 2 is 1.45 bits per heavy atom. The van der Waals surface area contributed by atoms with E-state index in [1.54, 1.807) is 24.3 Å². The second-order valence-electron chi connectivity index (χ2n) is 7.15. The number of halogens is 3. The lowest BCUT2D eigenvalue weighted by molar-refractivity contribution is -0.137. The average molecular weight is 454 g/mol. The van der Waals surface area contributed by atoms with E-state index in [0.29, 0.717) is 0 Å². The summed E-state index contributed by atoms with van der Waals surface area (Å²) in [5.41, 5.74) is 6.34. The van der Waals surface area contributed by atoms with Crippen molar-refractivity contribution in [2.24, 2.45) is 5.73 Å². The predicted molar refractivity (Wildman–Crippen MR) is 124 cm³/mol. The van der Waals surface area contributed by atoms with Gasteiger partial charge in [0.15, 0.2) is 0 Å². The van der Waals surface area contributed by atoms with Crippen molar-refractivity contribution in [1.29, 1.82) is 0 Å². The maximum absolute atomic E-state index is 12.9. The van der Waals surface area contributed by atoms with E-state index in [9.17, 15) is 22.8 Å². The Morgan fingerprint density at radius 1 is 0.879 bits per heavy atom. The number of hydrogen-bond donors (Lipinski definition) is 2. The average Bonchev–Trinajstić information content (AvgIpc) is 2.79. The molecule has 3 rings (SSSR count). The Morgan fingerprint density at radius 3 is 2.00 bits per heavy atom. The number of amides is 2. The van der Waals surface area contributed by atoms with E-state index in [4.69, 9.17) is 5.73 Å². The molecule has 0 aliphatic carbocycles. The van der Waals surface area contributed by atoms with Crippen LogP contribution in [0.25, 0.3) is 17.2 Å². The molecule has 0 unspecified atom stereocenters. The van der Waals surface area contributed by atoms with Crippen molar-refractivity contribution < 1.29 is 22.8 Å². The number of carbonyl (C=O) groups is 2. The van der Waals surface area contributed by atoms with Crippen molar-refractivity contribution in [3.63, 3.8) is 0 Å². The van der Waals surface area contributed by atoms with E-state index in [1.165, 1.54) is 18.6 Å². The largest absolute Gasteiger partial charge is 0.416 e. The van der Waals surface area contributed by atoms with Gasteiger partial charge in [-0.05, 0) is 47.0 Å². The zero-order valence-electron chi connectivity index (χ0n) is 18.3. The Kier molecular flexibility index (Phi) is 8.98. The summed E-state index contributed by atoms with van der Waals surface area (Å²) in [6.07, 6.45) is -2.17. The third-order valence-corrected chi connectivity index (χ3v) is 4.29. The van der Waals surface area contributed by atoms with Crippen molar-refractivity contribution >= 4 is 17.9 Å². The third-order valence-electron chi connectivity index (χ3n) is 4.29. The van der Waals surface area contributed by atoms with Crippen LogP contribution in [0.2, 0.25) is 0 Å². The lowest BCUT2D eigenvalue weighted by atomic mass is 10.0. The number of primary amides is 1. The molecule has 0 radical (unpaired) electrons. The maximum Gasteiger partial charge on any atom is 0.416 e. The molecule has 0 fully saturated rings. The molecule has 0 aromatic heterocycles. The minimum Gasteiger partial charge on any atom is -0.364 e. The van der Waals surface area contributed by atoms with Gasteiger partial charge in [0.05, 0.1) is 5.56 Å². The number of hydrogen-bond acceptors (Lipinski definition) is 2. The minimum atomic E-state index is -4.53. The zero-order valence-corrected chi connectivity index (χ0v) is 18.3. The first-order valence-corrected chi connectivity index (χ1v) is 10.3. The molecule has 0 atom stereocenters. The fourth-order valence-electron chi connectivity index (χ4n) is 2.78. The normalized spacial score (nSPS) is 11.2. The summed E-state index contributed by atoms with van der Waals surface area (Å²) in [7, 11) is 0. The Balaban J connectivity index is 0.00000122. The monoisotopic (exact) mass is 454 g/mol. The van der Waals surface area contributed by atoms with Gasteiger partial charge < -0.3 is 11.1 Å². The molecule has 0 aliphatic rings. The standard InChI is InChI=1S/C23H17F3N2O2.C3H8/c24-23(25,26)19-8-4-5-15(13-19)14-20(21(27)29)28-22(30)18-11-9-17(10-12-18)16-6-2-1-3-7-16;1-3-2/h1-14H,(H2,27,29)(H,28,30);3H2,1-2H3/b20-14+;. The SMILES string of the molecule is CCC.NC(=O)/C(=C\c1cccc(C(F)(F)F)c1)NC(=O)c1ccc(-c2ccccc2)cc1. The Hall–Kier alpha value is -3.87. The third kappa shape index (κ3) is 7.64. The summed E-state index contributed by atoms with van der Waals surface area (Å²) in [6.45, 7) is 4.25. The van der Waals surface area contributed by atoms with Crippen LogP contribution in [-0.4, -0.2) is 11.8 Å². The lowest BCUT2D eigenvalue weighted by Gasteiger charge is -2.10. The molecule has 4 nitrogen and oxygen atoms in total. The highest BCUT2D eigenvalue weighted by Gasteiger charge is 2.30. The van der Waals surface area contributed by atoms with E-state index >= 15 is 0 Å². The molecular formula is C26H25F3N2O2. The molecule has 0 saturated heterocycles. The van der Waals surface area contributed by atoms with Crippen LogP contribution in [0, 0.1) is 0 Å². The molecule has 0 aliphatic heterocycles. The van der Waals surface area contributed by atoms with E-state index in [1.807, 2.05) is 30.3 Å². The fourth-order valence-corrected chi connectivity index (χ4v) is 2.78. The number of carbonyl (C=O) groups excluding carboxylic acids is 2. The topological polar surface area (TPSA) is 72.2 Å². The number of nitrogens with two attached hydrogens (primary N) is 1. The molecule has 7 heteroatoms. The molecule has 3 aromatic rings. The van der Waals surface area contributed by atoms with E-state index in [0.717, 1.165) is 29.3 Å². The van der Waals surface area contributed by atoms with Crippen LogP contribution >= 0.6 is 0 Å². The summed E-state index contributed by atoms with van der Waals surface area (Å²) >= 11 is 0. The second kappa shape index (κ2) is 11.7. The lowest BCUT2D eigenvalue weighted by Crippen LogP contribution is -2.31. The summed E-state index contributed by atoms with van der Waals surface area (Å²) < 4.78 is 38.6. The first-order chi connectivity index (χ1) is 15.7. The number of rotatable bonds is 5. The van der Waals surface area contributed by atoms with Crippen molar-refractivity contribution in [3.05, 3.63) is 101 Å². The van der Waals surface area contributed by atoms with Crippen molar-refractivity contribution in [1.82, 2.24) is 5.32 Å². The Bertz CT molecular complexity index is 1110. The molecule has 3 N–H and O–H groups in total. The first kappa shape index (κ1) is 25.4. The smallest absolute Gasteiger partial charge is 0.364 e. The summed E-state index contributed by atoms with van der Waals surface area (Å²) in [6, 6.07) is 20.6. The quantitative estimate of drug-likeness (QED) is 0.461. The van der Waals surface area contributed by atoms with E-state index in [-0.39, 0.29) is 16.8 Å². The van der Waals surface area contributed by atoms with Gasteiger partial charge in [-0.25, -0.2) is 0 Å². The van der Waals surface area contributed by atoms with Gasteiger partial charge >= 0.3 is 6.18 Å². The van der Waals surface area contributed by atoms with Gasteiger partial charge in [0.2, 0.25) is 0 Å². The molecule has 0 spiro atoms. The van der Waals surface area contributed by atoms with Crippen LogP contribution in [0.3, 0.4) is 0 Å². The molecule has 0 bridgehead atoms. The van der Waals surface area contributed by atoms with Gasteiger partial charge in [-0.3, -0.25) is 9.59 Å². The molecule has 172 valence electrons. The fraction of sp³-hybridized carbons (Fsp3) is 0.154. The highest BCUT2D eigenvalue weighted by atomic mass is 19.4. The van der Waals surface area contributed by atoms with Gasteiger partial charge in [-0.1, -0.05) is 74.9 Å². The van der Waals surface area contributed by atoms with Gasteiger partial charge in [0.1, 0.15) is 5.70 Å². The molecule has 0 heterocycles. The van der Waals surface area contributed by atoms with E-state index < -0.39 is 23.6 Å². The minimum absolute atomic E-state index is 0.0818. The number of nitrogens with one attached hydrogen (secondary N) is 1. The van der Waals surface area contributed by atoms with Crippen molar-refractivity contribution in [2.75, 3.05) is 0 Å². The van der Waals surface area contributed by atoms with E-state index in [2.05, 4.69) is 19.2 Å². The van der Waals surface area contributed by atoms with Crippen molar-refractivity contribution in [3.8, 4) is 11.1 Å². The van der Waals surface area contributed by atoms with Crippen molar-refractivity contribution in [2.45, 2.75) is 26.4 Å². The molecule has 3 aromatic carbocycles. The van der Waals surface area contributed by atoms with Gasteiger partial charge in [-0.2, -0.15) is 13.2 Å². The predicted octanol–water partition coefficient (Wildman–Crippen LogP) is 6.04. The van der Waals surface area contributed by atoms with Crippen LogP contribution in [0.5, 0.6) is 0 Å². The highest BCUT2D eigenvalue weighted by molar-refractivity contribution is 6.04. The summed E-state index contributed by atoms with van der Waals surface area (Å²) in [4.78, 5) is 24.2. The number of benzene rings is 3. The molecular weight excluding hydrogens is 429 g/mol. The van der Waals surface area contributed by atoms with Crippen LogP contribution in [0.1, 0.15) is 41.8 Å². The van der Waals surface area contributed by atoms with Gasteiger partial charge in [0.25, 0.3) is 11.8 Å². The Labute approximate surface area is 190 Å². The van der Waals surface area contributed by atoms with Gasteiger partial charge in [0, 0.05) is 5.56 Å². The van der Waals surface area contributed by atoms with Crippen LogP contribution in [0.4, 0.5) is 13.2 Å². The van der Waals surface area contributed by atoms with Crippen LogP contribution in [0.15, 0.2) is 84.6 Å². The van der Waals surface area contributed by atoms with Gasteiger partial charge in [-0.15, -0.1) is 0 Å². The highest BCUT2D eigenvalue weighted by Crippen LogP contribution is 2.30. The summed E-state index contributed by atoms with van der Waals surface area (Å²) in [5, 5.41) is 2.37. The molecule has 33 heavy (non-hydrogen) atoms. The van der Waals surface area contributed by atoms with Crippen LogP contribution < -0.4 is 11.1 Å². The summed E-state index contributed by atoms with van der Waals surface area (Å²) in [5.74, 6) is -1.58. The number of alkyl halides is 3. The first-order valence-electron chi connectivity index (χ1n) is 10.3. The van der Waals surface area contributed by atoms with Crippen LogP contribution in [-0.2, 0) is 11.0 Å². The zero-order chi connectivity index (χ0) is 24.4. The second-order valence-corrected chi connectivity index (χ2v) is 7.15.